The standard InChI is InChI=1S/C12H23N3O2.ClH/c16-12(11-2-1-9-17-10-11)14-5-8-15-6-3-13-4-7-15;/h11,13H,1-10H2,(H,14,16);1H. The van der Waals surface area contributed by atoms with Gasteiger partial charge >= 0.3 is 0 Å². The molecule has 1 atom stereocenters. The minimum absolute atomic E-state index is 0. The van der Waals surface area contributed by atoms with Crippen molar-refractivity contribution in [1.29, 1.82) is 0 Å². The van der Waals surface area contributed by atoms with Crippen molar-refractivity contribution in [3.8, 4) is 0 Å². The van der Waals surface area contributed by atoms with E-state index in [4.69, 9.17) is 4.74 Å². The van der Waals surface area contributed by atoms with Crippen molar-refractivity contribution in [3.63, 3.8) is 0 Å². The smallest absolute Gasteiger partial charge is 0.225 e. The molecule has 106 valence electrons. The summed E-state index contributed by atoms with van der Waals surface area (Å²) in [4.78, 5) is 14.2. The predicted molar refractivity (Wildman–Crippen MR) is 73.1 cm³/mol. The molecule has 1 amide bonds. The number of piperazine rings is 1. The Morgan fingerprint density at radius 2 is 2.17 bits per heavy atom. The van der Waals surface area contributed by atoms with Crippen LogP contribution in [0, 0.1) is 5.92 Å². The van der Waals surface area contributed by atoms with E-state index in [2.05, 4.69) is 15.5 Å². The number of halogens is 1. The summed E-state index contributed by atoms with van der Waals surface area (Å²) >= 11 is 0. The fraction of sp³-hybridized carbons (Fsp3) is 0.917. The molecular formula is C12H24ClN3O2. The first-order chi connectivity index (χ1) is 8.36. The monoisotopic (exact) mass is 277 g/mol. The zero-order valence-corrected chi connectivity index (χ0v) is 11.6. The molecule has 2 aliphatic heterocycles. The maximum atomic E-state index is 11.8. The SMILES string of the molecule is Cl.O=C(NCCN1CCNCC1)C1CCCOC1. The number of hydrogen-bond acceptors (Lipinski definition) is 4. The Hall–Kier alpha value is -0.360. The molecule has 0 aromatic heterocycles. The van der Waals surface area contributed by atoms with E-state index in [0.717, 1.165) is 58.7 Å². The van der Waals surface area contributed by atoms with Crippen LogP contribution in [0.25, 0.3) is 0 Å². The van der Waals surface area contributed by atoms with Crippen LogP contribution in [0.4, 0.5) is 0 Å². The Labute approximate surface area is 115 Å². The average molecular weight is 278 g/mol. The summed E-state index contributed by atoms with van der Waals surface area (Å²) in [5.41, 5.74) is 0. The predicted octanol–water partition coefficient (Wildman–Crippen LogP) is -0.144. The van der Waals surface area contributed by atoms with Gasteiger partial charge in [-0.3, -0.25) is 9.69 Å². The summed E-state index contributed by atoms with van der Waals surface area (Å²) in [7, 11) is 0. The maximum Gasteiger partial charge on any atom is 0.225 e. The van der Waals surface area contributed by atoms with Crippen LogP contribution in [-0.2, 0) is 9.53 Å². The van der Waals surface area contributed by atoms with Gasteiger partial charge in [0.15, 0.2) is 0 Å². The molecule has 5 nitrogen and oxygen atoms in total. The Kier molecular flexibility index (Phi) is 7.58. The fourth-order valence-corrected chi connectivity index (χ4v) is 2.36. The van der Waals surface area contributed by atoms with Gasteiger partial charge in [-0.2, -0.15) is 0 Å². The van der Waals surface area contributed by atoms with Crippen LogP contribution in [0.2, 0.25) is 0 Å². The van der Waals surface area contributed by atoms with Gasteiger partial charge in [0.2, 0.25) is 5.91 Å². The third-order valence-electron chi connectivity index (χ3n) is 3.47. The van der Waals surface area contributed by atoms with Crippen molar-refractivity contribution in [3.05, 3.63) is 0 Å². The largest absolute Gasteiger partial charge is 0.381 e. The summed E-state index contributed by atoms with van der Waals surface area (Å²) in [6, 6.07) is 0. The van der Waals surface area contributed by atoms with E-state index in [0.29, 0.717) is 6.61 Å². The lowest BCUT2D eigenvalue weighted by Gasteiger charge is -2.27. The third kappa shape index (κ3) is 5.10. The number of ether oxygens (including phenoxy) is 1. The van der Waals surface area contributed by atoms with Crippen molar-refractivity contribution in [2.75, 3.05) is 52.5 Å². The van der Waals surface area contributed by atoms with Gasteiger partial charge in [0.05, 0.1) is 12.5 Å². The quantitative estimate of drug-likeness (QED) is 0.751. The normalized spacial score (nSPS) is 25.2. The Morgan fingerprint density at radius 1 is 1.39 bits per heavy atom. The summed E-state index contributed by atoms with van der Waals surface area (Å²) in [5.74, 6) is 0.242. The Balaban J connectivity index is 0.00000162. The van der Waals surface area contributed by atoms with Crippen LogP contribution in [0.5, 0.6) is 0 Å². The number of carbonyl (C=O) groups excluding carboxylic acids is 1. The van der Waals surface area contributed by atoms with Crippen molar-refractivity contribution >= 4 is 18.3 Å². The van der Waals surface area contributed by atoms with Crippen molar-refractivity contribution in [1.82, 2.24) is 15.5 Å². The first-order valence-corrected chi connectivity index (χ1v) is 6.65. The summed E-state index contributed by atoms with van der Waals surface area (Å²) in [6.07, 6.45) is 1.98. The number of amides is 1. The molecule has 18 heavy (non-hydrogen) atoms. The van der Waals surface area contributed by atoms with E-state index in [1.807, 2.05) is 0 Å². The lowest BCUT2D eigenvalue weighted by molar-refractivity contribution is -0.129. The summed E-state index contributed by atoms with van der Waals surface area (Å²) in [6.45, 7) is 7.42. The van der Waals surface area contributed by atoms with Gasteiger partial charge in [0, 0.05) is 45.9 Å². The van der Waals surface area contributed by atoms with E-state index in [1.54, 1.807) is 0 Å². The molecule has 2 aliphatic rings. The van der Waals surface area contributed by atoms with Gasteiger partial charge in [-0.05, 0) is 12.8 Å². The van der Waals surface area contributed by atoms with E-state index >= 15 is 0 Å². The molecule has 2 N–H and O–H groups in total. The minimum atomic E-state index is 0. The van der Waals surface area contributed by atoms with E-state index in [1.165, 1.54) is 0 Å². The molecule has 0 bridgehead atoms. The molecule has 2 heterocycles. The molecule has 6 heteroatoms. The van der Waals surface area contributed by atoms with E-state index in [-0.39, 0.29) is 24.2 Å². The lowest BCUT2D eigenvalue weighted by atomic mass is 10.0. The molecular weight excluding hydrogens is 254 g/mol. The molecule has 0 radical (unpaired) electrons. The fourth-order valence-electron chi connectivity index (χ4n) is 2.36. The van der Waals surface area contributed by atoms with Gasteiger partial charge in [-0.15, -0.1) is 12.4 Å². The van der Waals surface area contributed by atoms with Gasteiger partial charge in [-0.1, -0.05) is 0 Å². The van der Waals surface area contributed by atoms with Gasteiger partial charge in [0.25, 0.3) is 0 Å². The number of carbonyl (C=O) groups is 1. The van der Waals surface area contributed by atoms with Gasteiger partial charge in [-0.25, -0.2) is 0 Å². The molecule has 0 aliphatic carbocycles. The van der Waals surface area contributed by atoms with Crippen LogP contribution in [0.15, 0.2) is 0 Å². The van der Waals surface area contributed by atoms with Crippen LogP contribution in [-0.4, -0.2) is 63.3 Å². The van der Waals surface area contributed by atoms with E-state index < -0.39 is 0 Å². The number of hydrogen-bond donors (Lipinski definition) is 2. The highest BCUT2D eigenvalue weighted by Crippen LogP contribution is 2.13. The number of nitrogens with zero attached hydrogens (tertiary/aromatic N) is 1. The van der Waals surface area contributed by atoms with Crippen molar-refractivity contribution < 1.29 is 9.53 Å². The molecule has 1 unspecified atom stereocenters. The molecule has 2 fully saturated rings. The second-order valence-electron chi connectivity index (χ2n) is 4.80. The van der Waals surface area contributed by atoms with Crippen LogP contribution < -0.4 is 10.6 Å². The highest BCUT2D eigenvalue weighted by molar-refractivity contribution is 5.85. The van der Waals surface area contributed by atoms with Crippen molar-refractivity contribution in [2.45, 2.75) is 12.8 Å². The first-order valence-electron chi connectivity index (χ1n) is 6.65. The van der Waals surface area contributed by atoms with Gasteiger partial charge < -0.3 is 15.4 Å². The van der Waals surface area contributed by atoms with Gasteiger partial charge in [0.1, 0.15) is 0 Å². The van der Waals surface area contributed by atoms with Crippen LogP contribution in [0.3, 0.4) is 0 Å². The average Bonchev–Trinajstić information content (AvgIpc) is 2.41. The highest BCUT2D eigenvalue weighted by atomic mass is 35.5. The lowest BCUT2D eigenvalue weighted by Crippen LogP contribution is -2.47. The summed E-state index contributed by atoms with van der Waals surface area (Å²) in [5, 5.41) is 6.34. The molecule has 0 saturated carbocycles. The Bertz CT molecular complexity index is 241. The third-order valence-corrected chi connectivity index (χ3v) is 3.47. The summed E-state index contributed by atoms with van der Waals surface area (Å²) < 4.78 is 5.32. The molecule has 0 aromatic carbocycles. The molecule has 0 spiro atoms. The zero-order valence-electron chi connectivity index (χ0n) is 10.8. The number of nitrogens with one attached hydrogen (secondary N) is 2. The van der Waals surface area contributed by atoms with Crippen LogP contribution >= 0.6 is 12.4 Å². The zero-order chi connectivity index (χ0) is 11.9. The number of rotatable bonds is 4. The van der Waals surface area contributed by atoms with Crippen molar-refractivity contribution in [2.24, 2.45) is 5.92 Å². The molecule has 0 aromatic rings. The second kappa shape index (κ2) is 8.69. The van der Waals surface area contributed by atoms with E-state index in [9.17, 15) is 4.79 Å². The molecule has 2 saturated heterocycles. The van der Waals surface area contributed by atoms with Crippen LogP contribution in [0.1, 0.15) is 12.8 Å². The first kappa shape index (κ1) is 15.7. The highest BCUT2D eigenvalue weighted by Gasteiger charge is 2.21. The maximum absolute atomic E-state index is 11.8. The topological polar surface area (TPSA) is 53.6 Å². The second-order valence-corrected chi connectivity index (χ2v) is 4.80. The Morgan fingerprint density at radius 3 is 2.83 bits per heavy atom. The minimum Gasteiger partial charge on any atom is -0.381 e. The molecule has 2 rings (SSSR count).